The van der Waals surface area contributed by atoms with Crippen LogP contribution in [-0.2, 0) is 7.05 Å². The normalized spacial score (nSPS) is 15.3. The molecule has 0 spiro atoms. The largest absolute Gasteiger partial charge is 0.358 e. The van der Waals surface area contributed by atoms with E-state index in [-0.39, 0.29) is 6.04 Å². The third kappa shape index (κ3) is 5.29. The summed E-state index contributed by atoms with van der Waals surface area (Å²) in [4.78, 5) is 23.7. The fourth-order valence-corrected chi connectivity index (χ4v) is 4.82. The van der Waals surface area contributed by atoms with E-state index in [0.29, 0.717) is 0 Å². The van der Waals surface area contributed by atoms with Gasteiger partial charge in [0.15, 0.2) is 5.84 Å². The number of amidine groups is 1. The molecular weight excluding hydrogens is 464 g/mol. The molecule has 190 valence electrons. The van der Waals surface area contributed by atoms with Crippen molar-refractivity contribution in [3.63, 3.8) is 0 Å². The van der Waals surface area contributed by atoms with Crippen molar-refractivity contribution in [3.05, 3.63) is 84.2 Å². The van der Waals surface area contributed by atoms with Crippen LogP contribution < -0.4 is 4.90 Å². The minimum absolute atomic E-state index is 0.101. The van der Waals surface area contributed by atoms with Crippen LogP contribution in [0.25, 0.3) is 11.1 Å². The second-order valence-electron chi connectivity index (χ2n) is 9.35. The molecule has 0 unspecified atom stereocenters. The summed E-state index contributed by atoms with van der Waals surface area (Å²) >= 11 is 0. The number of nitrogens with one attached hydrogen (secondary N) is 2. The monoisotopic (exact) mass is 496 g/mol. The molecule has 37 heavy (non-hydrogen) atoms. The third-order valence-electron chi connectivity index (χ3n) is 6.62. The molecule has 1 aliphatic rings. The number of rotatable bonds is 7. The highest BCUT2D eigenvalue weighted by molar-refractivity contribution is 6.01. The van der Waals surface area contributed by atoms with Crippen LogP contribution in [-0.4, -0.2) is 87.0 Å². The summed E-state index contributed by atoms with van der Waals surface area (Å²) < 4.78 is 1.78. The minimum Gasteiger partial charge on any atom is -0.358 e. The number of hydrogen-bond donors (Lipinski definition) is 2. The molecule has 4 aromatic rings. The van der Waals surface area contributed by atoms with Crippen LogP contribution in [0.2, 0.25) is 0 Å². The van der Waals surface area contributed by atoms with Gasteiger partial charge in [0.25, 0.3) is 0 Å². The summed E-state index contributed by atoms with van der Waals surface area (Å²) in [7, 11) is 6.05. The Hall–Kier alpha value is -4.31. The highest BCUT2D eigenvalue weighted by Crippen LogP contribution is 2.26. The molecule has 1 fully saturated rings. The Morgan fingerprint density at radius 1 is 1.03 bits per heavy atom. The Kier molecular flexibility index (Phi) is 7.09. The first-order valence-corrected chi connectivity index (χ1v) is 12.3. The molecule has 1 aliphatic heterocycles. The molecule has 10 heteroatoms. The first kappa shape index (κ1) is 24.4. The van der Waals surface area contributed by atoms with Gasteiger partial charge in [-0.05, 0) is 25.7 Å². The van der Waals surface area contributed by atoms with Crippen LogP contribution in [0.1, 0.15) is 22.9 Å². The number of aliphatic imine (C=N–C) groups is 1. The number of aromatic amines is 1. The number of piperazine rings is 1. The minimum atomic E-state index is 0.101. The number of aromatic nitrogens is 5. The van der Waals surface area contributed by atoms with E-state index in [0.717, 1.165) is 66.7 Å². The Labute approximate surface area is 216 Å². The Balaban J connectivity index is 1.26. The second kappa shape index (κ2) is 10.8. The van der Waals surface area contributed by atoms with Gasteiger partial charge in [-0.3, -0.25) is 15.0 Å². The van der Waals surface area contributed by atoms with Crippen LogP contribution in [0.5, 0.6) is 0 Å². The number of hydrogen-bond acceptors (Lipinski definition) is 6. The molecule has 0 aliphatic carbocycles. The quantitative estimate of drug-likeness (QED) is 0.301. The highest BCUT2D eigenvalue weighted by Gasteiger charge is 2.24. The van der Waals surface area contributed by atoms with Crippen molar-refractivity contribution in [2.45, 2.75) is 6.04 Å². The summed E-state index contributed by atoms with van der Waals surface area (Å²) in [6.07, 6.45) is 10.7. The SMILES string of the molecule is CN(C)[C@H](c1ccccc1)c1cnc(N2CCN(/C(=N/C=N)c3cc(-c4cnn(C)c4)c[nH]3)CC2)nc1. The molecule has 1 aromatic carbocycles. The summed E-state index contributed by atoms with van der Waals surface area (Å²) in [6.45, 7) is 3.04. The average molecular weight is 497 g/mol. The summed E-state index contributed by atoms with van der Waals surface area (Å²) in [5.41, 5.74) is 5.24. The lowest BCUT2D eigenvalue weighted by molar-refractivity contribution is 0.341. The van der Waals surface area contributed by atoms with E-state index in [1.165, 1.54) is 5.56 Å². The predicted octanol–water partition coefficient (Wildman–Crippen LogP) is 3.03. The number of anilines is 1. The zero-order valence-electron chi connectivity index (χ0n) is 21.4. The number of nitrogens with zero attached hydrogens (tertiary/aromatic N) is 8. The zero-order chi connectivity index (χ0) is 25.8. The third-order valence-corrected chi connectivity index (χ3v) is 6.62. The molecule has 2 N–H and O–H groups in total. The van der Waals surface area contributed by atoms with Crippen molar-refractivity contribution in [3.8, 4) is 11.1 Å². The van der Waals surface area contributed by atoms with Crippen molar-refractivity contribution in [1.82, 2.24) is 34.5 Å². The Morgan fingerprint density at radius 2 is 1.76 bits per heavy atom. The van der Waals surface area contributed by atoms with Gasteiger partial charge in [-0.15, -0.1) is 0 Å². The van der Waals surface area contributed by atoms with E-state index >= 15 is 0 Å². The molecule has 5 rings (SSSR count). The molecule has 4 heterocycles. The van der Waals surface area contributed by atoms with Crippen molar-refractivity contribution in [2.24, 2.45) is 12.0 Å². The molecule has 10 nitrogen and oxygen atoms in total. The second-order valence-corrected chi connectivity index (χ2v) is 9.35. The summed E-state index contributed by atoms with van der Waals surface area (Å²) in [5.74, 6) is 1.50. The zero-order valence-corrected chi connectivity index (χ0v) is 21.4. The van der Waals surface area contributed by atoms with Gasteiger partial charge >= 0.3 is 0 Å². The highest BCUT2D eigenvalue weighted by atomic mass is 15.3. The first-order valence-electron chi connectivity index (χ1n) is 12.3. The number of benzene rings is 1. The van der Waals surface area contributed by atoms with Gasteiger partial charge in [-0.2, -0.15) is 5.10 Å². The van der Waals surface area contributed by atoms with Crippen molar-refractivity contribution in [1.29, 1.82) is 5.41 Å². The van der Waals surface area contributed by atoms with Gasteiger partial charge in [0.2, 0.25) is 5.95 Å². The van der Waals surface area contributed by atoms with Gasteiger partial charge in [-0.1, -0.05) is 30.3 Å². The molecule has 1 atom stereocenters. The van der Waals surface area contributed by atoms with Crippen LogP contribution in [0, 0.1) is 5.41 Å². The van der Waals surface area contributed by atoms with Crippen LogP contribution >= 0.6 is 0 Å². The van der Waals surface area contributed by atoms with Gasteiger partial charge in [0.1, 0.15) is 6.34 Å². The van der Waals surface area contributed by atoms with Crippen LogP contribution in [0.15, 0.2) is 72.4 Å². The molecule has 1 saturated heterocycles. The Morgan fingerprint density at radius 3 is 2.38 bits per heavy atom. The van der Waals surface area contributed by atoms with E-state index < -0.39 is 0 Å². The van der Waals surface area contributed by atoms with Crippen molar-refractivity contribution < 1.29 is 0 Å². The molecule has 0 amide bonds. The predicted molar refractivity (Wildman–Crippen MR) is 146 cm³/mol. The van der Waals surface area contributed by atoms with E-state index in [9.17, 15) is 0 Å². The van der Waals surface area contributed by atoms with E-state index in [4.69, 9.17) is 15.4 Å². The lowest BCUT2D eigenvalue weighted by atomic mass is 10.0. The lowest BCUT2D eigenvalue weighted by Gasteiger charge is -2.36. The van der Waals surface area contributed by atoms with Crippen LogP contribution in [0.4, 0.5) is 5.95 Å². The van der Waals surface area contributed by atoms with Crippen molar-refractivity contribution in [2.75, 3.05) is 45.2 Å². The van der Waals surface area contributed by atoms with Gasteiger partial charge < -0.3 is 14.8 Å². The molecule has 0 bridgehead atoms. The van der Waals surface area contributed by atoms with Crippen molar-refractivity contribution >= 4 is 18.1 Å². The lowest BCUT2D eigenvalue weighted by Crippen LogP contribution is -2.49. The topological polar surface area (TPSA) is 105 Å². The fourth-order valence-electron chi connectivity index (χ4n) is 4.82. The number of aryl methyl sites for hydroxylation is 1. The Bertz CT molecular complexity index is 1350. The maximum atomic E-state index is 7.60. The molecule has 0 radical (unpaired) electrons. The van der Waals surface area contributed by atoms with Gasteiger partial charge in [0, 0.05) is 74.7 Å². The van der Waals surface area contributed by atoms with Gasteiger partial charge in [-0.25, -0.2) is 15.0 Å². The average Bonchev–Trinajstić information content (AvgIpc) is 3.58. The first-order chi connectivity index (χ1) is 18.0. The molecular formula is C27H32N10. The van der Waals surface area contributed by atoms with Crippen LogP contribution in [0.3, 0.4) is 0 Å². The number of H-pyrrole nitrogens is 1. The van der Waals surface area contributed by atoms with E-state index in [1.54, 1.807) is 4.68 Å². The maximum absolute atomic E-state index is 7.60. The summed E-state index contributed by atoms with van der Waals surface area (Å²) in [6, 6.07) is 12.6. The molecule has 3 aromatic heterocycles. The van der Waals surface area contributed by atoms with E-state index in [2.05, 4.69) is 74.2 Å². The standard InChI is InChI=1S/C27H32N10/c1-34(2)25(20-7-5-4-6-8-20)22-15-30-27(31-16-22)37-11-9-36(10-12-37)26(32-19-28)24-13-21(14-29-24)23-17-33-35(3)18-23/h4-8,13-19,25,28-29H,9-12H2,1-3H3/b28-19?,32-26+/t25-/m1/s1. The van der Waals surface area contributed by atoms with E-state index in [1.807, 2.05) is 44.1 Å². The molecule has 0 saturated carbocycles. The van der Waals surface area contributed by atoms with Gasteiger partial charge in [0.05, 0.1) is 17.9 Å². The smallest absolute Gasteiger partial charge is 0.225 e. The fraction of sp³-hybridized carbons (Fsp3) is 0.296. The summed E-state index contributed by atoms with van der Waals surface area (Å²) in [5, 5.41) is 11.9. The maximum Gasteiger partial charge on any atom is 0.225 e.